The second-order valence-electron chi connectivity index (χ2n) is 6.37. The summed E-state index contributed by atoms with van der Waals surface area (Å²) in [6, 6.07) is 13.6. The van der Waals surface area contributed by atoms with E-state index in [1.165, 1.54) is 23.8 Å². The third-order valence-corrected chi connectivity index (χ3v) is 4.45. The molecule has 0 radical (unpaired) electrons. The van der Waals surface area contributed by atoms with Gasteiger partial charge in [0.25, 0.3) is 5.91 Å². The second kappa shape index (κ2) is 7.95. The van der Waals surface area contributed by atoms with Crippen molar-refractivity contribution in [2.45, 2.75) is 6.92 Å². The summed E-state index contributed by atoms with van der Waals surface area (Å²) >= 11 is 0. The van der Waals surface area contributed by atoms with Gasteiger partial charge in [0.2, 0.25) is 5.91 Å². The Bertz CT molecular complexity index is 822. The number of carbonyl (C=O) groups is 2. The first-order valence-electron chi connectivity index (χ1n) is 8.61. The number of benzene rings is 2. The highest BCUT2D eigenvalue weighted by Gasteiger charge is 2.24. The van der Waals surface area contributed by atoms with Gasteiger partial charge < -0.3 is 9.80 Å². The van der Waals surface area contributed by atoms with E-state index in [-0.39, 0.29) is 11.8 Å². The van der Waals surface area contributed by atoms with E-state index in [9.17, 15) is 14.0 Å². The first-order chi connectivity index (χ1) is 12.5. The van der Waals surface area contributed by atoms with E-state index < -0.39 is 5.82 Å². The lowest BCUT2D eigenvalue weighted by Gasteiger charge is -2.34. The summed E-state index contributed by atoms with van der Waals surface area (Å²) in [4.78, 5) is 28.1. The van der Waals surface area contributed by atoms with Gasteiger partial charge in [-0.25, -0.2) is 4.39 Å². The van der Waals surface area contributed by atoms with Crippen LogP contribution in [0, 0.1) is 12.7 Å². The number of piperazine rings is 1. The normalized spacial score (nSPS) is 14.7. The van der Waals surface area contributed by atoms with E-state index in [2.05, 4.69) is 0 Å². The maximum atomic E-state index is 13.3. The Balaban J connectivity index is 1.55. The molecule has 1 aliphatic rings. The van der Waals surface area contributed by atoms with Crippen molar-refractivity contribution >= 4 is 17.9 Å². The molecule has 4 nitrogen and oxygen atoms in total. The Morgan fingerprint density at radius 1 is 0.962 bits per heavy atom. The van der Waals surface area contributed by atoms with Crippen LogP contribution in [0.4, 0.5) is 4.39 Å². The van der Waals surface area contributed by atoms with E-state index in [0.29, 0.717) is 31.7 Å². The Morgan fingerprint density at radius 3 is 2.27 bits per heavy atom. The molecule has 0 bridgehead atoms. The fourth-order valence-corrected chi connectivity index (χ4v) is 2.88. The van der Waals surface area contributed by atoms with Crippen LogP contribution in [0.25, 0.3) is 6.08 Å². The van der Waals surface area contributed by atoms with Crippen LogP contribution in [0.5, 0.6) is 0 Å². The van der Waals surface area contributed by atoms with Crippen LogP contribution in [0.3, 0.4) is 0 Å². The Morgan fingerprint density at radius 2 is 1.62 bits per heavy atom. The summed E-state index contributed by atoms with van der Waals surface area (Å²) in [6.07, 6.45) is 3.36. The summed E-state index contributed by atoms with van der Waals surface area (Å²) in [7, 11) is 0. The average Bonchev–Trinajstić information content (AvgIpc) is 2.67. The standard InChI is InChI=1S/C21H21FN2O2/c1-16-5-7-17(8-6-16)9-10-20(25)23-11-13-24(14-12-23)21(26)18-3-2-4-19(22)15-18/h2-10,15H,11-14H2,1H3/b10-9+. The van der Waals surface area contributed by atoms with Crippen LogP contribution in [0.1, 0.15) is 21.5 Å². The number of halogens is 1. The zero-order valence-electron chi connectivity index (χ0n) is 14.7. The van der Waals surface area contributed by atoms with Crippen LogP contribution >= 0.6 is 0 Å². The number of nitrogens with zero attached hydrogens (tertiary/aromatic N) is 2. The molecule has 1 fully saturated rings. The smallest absolute Gasteiger partial charge is 0.254 e. The minimum Gasteiger partial charge on any atom is -0.336 e. The first-order valence-corrected chi connectivity index (χ1v) is 8.61. The zero-order valence-corrected chi connectivity index (χ0v) is 14.7. The van der Waals surface area contributed by atoms with E-state index >= 15 is 0 Å². The molecule has 0 saturated carbocycles. The monoisotopic (exact) mass is 352 g/mol. The lowest BCUT2D eigenvalue weighted by Crippen LogP contribution is -2.50. The van der Waals surface area contributed by atoms with E-state index in [4.69, 9.17) is 0 Å². The van der Waals surface area contributed by atoms with Gasteiger partial charge >= 0.3 is 0 Å². The minimum absolute atomic E-state index is 0.0663. The molecule has 0 aromatic heterocycles. The van der Waals surface area contributed by atoms with E-state index in [0.717, 1.165) is 5.56 Å². The molecule has 1 saturated heterocycles. The van der Waals surface area contributed by atoms with Crippen LogP contribution in [0.15, 0.2) is 54.6 Å². The molecular formula is C21H21FN2O2. The number of amides is 2. The highest BCUT2D eigenvalue weighted by molar-refractivity contribution is 5.95. The highest BCUT2D eigenvalue weighted by atomic mass is 19.1. The van der Waals surface area contributed by atoms with Crippen LogP contribution in [-0.2, 0) is 4.79 Å². The summed E-state index contributed by atoms with van der Waals surface area (Å²) in [5.74, 6) is -0.693. The Hall–Kier alpha value is -2.95. The quantitative estimate of drug-likeness (QED) is 0.797. The molecule has 0 atom stereocenters. The van der Waals surface area contributed by atoms with Crippen molar-refractivity contribution in [2.24, 2.45) is 0 Å². The Kier molecular flexibility index (Phi) is 5.46. The van der Waals surface area contributed by atoms with Crippen LogP contribution < -0.4 is 0 Å². The lowest BCUT2D eigenvalue weighted by molar-refractivity contribution is -0.127. The second-order valence-corrected chi connectivity index (χ2v) is 6.37. The summed E-state index contributed by atoms with van der Waals surface area (Å²) in [5, 5.41) is 0. The molecule has 0 spiro atoms. The van der Waals surface area contributed by atoms with Gasteiger partial charge in [0, 0.05) is 37.8 Å². The maximum Gasteiger partial charge on any atom is 0.254 e. The summed E-state index contributed by atoms with van der Waals surface area (Å²) < 4.78 is 13.3. The van der Waals surface area contributed by atoms with Crippen molar-refractivity contribution in [2.75, 3.05) is 26.2 Å². The average molecular weight is 352 g/mol. The predicted molar refractivity (Wildman–Crippen MR) is 99.1 cm³/mol. The summed E-state index contributed by atoms with van der Waals surface area (Å²) in [5.41, 5.74) is 2.49. The number of aryl methyl sites for hydroxylation is 1. The molecule has 0 aliphatic carbocycles. The molecule has 2 aromatic carbocycles. The number of rotatable bonds is 3. The van der Waals surface area contributed by atoms with Gasteiger partial charge in [-0.05, 0) is 36.8 Å². The van der Waals surface area contributed by atoms with E-state index in [1.807, 2.05) is 31.2 Å². The summed E-state index contributed by atoms with van der Waals surface area (Å²) in [6.45, 7) is 3.85. The maximum absolute atomic E-state index is 13.3. The van der Waals surface area contributed by atoms with Crippen molar-refractivity contribution in [1.82, 2.24) is 9.80 Å². The fourth-order valence-electron chi connectivity index (χ4n) is 2.88. The van der Waals surface area contributed by atoms with E-state index in [1.54, 1.807) is 28.0 Å². The van der Waals surface area contributed by atoms with Crippen molar-refractivity contribution in [3.8, 4) is 0 Å². The SMILES string of the molecule is Cc1ccc(/C=C/C(=O)N2CCN(C(=O)c3cccc(F)c3)CC2)cc1. The molecule has 2 aromatic rings. The molecule has 1 aliphatic heterocycles. The van der Waals surface area contributed by atoms with Gasteiger partial charge in [0.05, 0.1) is 0 Å². The van der Waals surface area contributed by atoms with Crippen molar-refractivity contribution < 1.29 is 14.0 Å². The molecule has 5 heteroatoms. The molecule has 2 amide bonds. The van der Waals surface area contributed by atoms with Gasteiger partial charge in [0.1, 0.15) is 5.82 Å². The molecule has 0 N–H and O–H groups in total. The lowest BCUT2D eigenvalue weighted by atomic mass is 10.1. The molecule has 134 valence electrons. The molecule has 0 unspecified atom stereocenters. The van der Waals surface area contributed by atoms with Gasteiger partial charge in [-0.2, -0.15) is 0 Å². The molecule has 3 rings (SSSR count). The van der Waals surface area contributed by atoms with Crippen molar-refractivity contribution in [3.05, 3.63) is 77.1 Å². The number of hydrogen-bond donors (Lipinski definition) is 0. The third-order valence-electron chi connectivity index (χ3n) is 4.45. The number of hydrogen-bond acceptors (Lipinski definition) is 2. The van der Waals surface area contributed by atoms with Gasteiger partial charge in [0.15, 0.2) is 0 Å². The van der Waals surface area contributed by atoms with Crippen LogP contribution in [-0.4, -0.2) is 47.8 Å². The topological polar surface area (TPSA) is 40.6 Å². The third kappa shape index (κ3) is 4.36. The fraction of sp³-hybridized carbons (Fsp3) is 0.238. The van der Waals surface area contributed by atoms with Crippen molar-refractivity contribution in [1.29, 1.82) is 0 Å². The van der Waals surface area contributed by atoms with Crippen molar-refractivity contribution in [3.63, 3.8) is 0 Å². The van der Waals surface area contributed by atoms with Gasteiger partial charge in [-0.3, -0.25) is 9.59 Å². The van der Waals surface area contributed by atoms with Crippen LogP contribution in [0.2, 0.25) is 0 Å². The number of carbonyl (C=O) groups excluding carboxylic acids is 2. The Labute approximate surface area is 152 Å². The molecule has 26 heavy (non-hydrogen) atoms. The molecular weight excluding hydrogens is 331 g/mol. The molecule has 1 heterocycles. The predicted octanol–water partition coefficient (Wildman–Crippen LogP) is 3.13. The highest BCUT2D eigenvalue weighted by Crippen LogP contribution is 2.11. The van der Waals surface area contributed by atoms with Gasteiger partial charge in [-0.15, -0.1) is 0 Å². The largest absolute Gasteiger partial charge is 0.336 e. The van der Waals surface area contributed by atoms with Gasteiger partial charge in [-0.1, -0.05) is 35.9 Å². The first kappa shape index (κ1) is 17.9. The minimum atomic E-state index is -0.425. The zero-order chi connectivity index (χ0) is 18.5.